The lowest BCUT2D eigenvalue weighted by Gasteiger charge is -2.29. The minimum atomic E-state index is -4.09. The van der Waals surface area contributed by atoms with Gasteiger partial charge in [0.05, 0.1) is 12.8 Å². The molecule has 0 aromatic carbocycles. The van der Waals surface area contributed by atoms with E-state index < -0.39 is 31.1 Å². The molecule has 1 aliphatic heterocycles. The van der Waals surface area contributed by atoms with Crippen molar-refractivity contribution in [2.45, 2.75) is 38.4 Å². The number of likely N-dealkylation sites (N-methyl/N-ethyl adjacent to an activating group) is 1. The highest BCUT2D eigenvalue weighted by atomic mass is 35.5. The molecule has 1 rings (SSSR count). The van der Waals surface area contributed by atoms with Crippen LogP contribution in [0.25, 0.3) is 0 Å². The molecule has 1 saturated heterocycles. The van der Waals surface area contributed by atoms with E-state index in [-0.39, 0.29) is 12.3 Å². The van der Waals surface area contributed by atoms with Crippen molar-refractivity contribution in [3.8, 4) is 0 Å². The maximum atomic E-state index is 12.2. The Morgan fingerprint density at radius 2 is 1.88 bits per heavy atom. The van der Waals surface area contributed by atoms with Gasteiger partial charge in [0.25, 0.3) is 10.1 Å². The maximum absolute atomic E-state index is 12.2. The number of quaternary nitrogens is 1. The summed E-state index contributed by atoms with van der Waals surface area (Å²) in [6.07, 6.45) is -0.0192. The number of nitrogens with one attached hydrogen (secondary N) is 1. The highest BCUT2D eigenvalue weighted by molar-refractivity contribution is 7.85. The molecule has 0 spiro atoms. The molecule has 2 atom stereocenters. The molecular formula is C9H18ClN2O4S+. The molecule has 6 nitrogen and oxygen atoms in total. The van der Waals surface area contributed by atoms with Crippen molar-refractivity contribution < 1.29 is 21.8 Å². The molecule has 0 saturated carbocycles. The van der Waals surface area contributed by atoms with Crippen molar-refractivity contribution in [1.82, 2.24) is 5.32 Å². The first kappa shape index (κ1) is 14.8. The first-order chi connectivity index (χ1) is 7.32. The number of carbonyl (C=O) groups excluding carboxylic acids is 1. The Hall–Kier alpha value is -0.210. The number of carbonyl (C=O) groups is 1. The number of amides is 1. The van der Waals surface area contributed by atoms with Crippen molar-refractivity contribution in [2.75, 3.05) is 12.8 Å². The van der Waals surface area contributed by atoms with Crippen LogP contribution in [0.1, 0.15) is 27.2 Å². The largest absolute Gasteiger partial charge is 0.352 e. The number of nitrogens with zero attached hydrogens (tertiary/aromatic N) is 1. The second-order valence-electron chi connectivity index (χ2n) is 5.25. The van der Waals surface area contributed by atoms with Gasteiger partial charge in [-0.15, -0.1) is 4.00 Å². The molecule has 17 heavy (non-hydrogen) atoms. The van der Waals surface area contributed by atoms with Crippen molar-refractivity contribution in [1.29, 1.82) is 0 Å². The van der Waals surface area contributed by atoms with Crippen molar-refractivity contribution >= 4 is 27.8 Å². The van der Waals surface area contributed by atoms with Crippen molar-refractivity contribution in [3.63, 3.8) is 0 Å². The van der Waals surface area contributed by atoms with Crippen LogP contribution in [0, 0.1) is 0 Å². The Balaban J connectivity index is 2.98. The summed E-state index contributed by atoms with van der Waals surface area (Å²) >= 11 is 6.16. The lowest BCUT2D eigenvalue weighted by molar-refractivity contribution is -0.764. The number of hydrogen-bond donors (Lipinski definition) is 2. The minimum Gasteiger partial charge on any atom is -0.286 e. The van der Waals surface area contributed by atoms with Gasteiger partial charge in [0.1, 0.15) is 5.54 Å². The fraction of sp³-hybridized carbons (Fsp3) is 0.889. The maximum Gasteiger partial charge on any atom is 0.352 e. The van der Waals surface area contributed by atoms with Gasteiger partial charge in [0, 0.05) is 13.8 Å². The fourth-order valence-electron chi connectivity index (χ4n) is 2.05. The average Bonchev–Trinajstić information content (AvgIpc) is 2.21. The predicted molar refractivity (Wildman–Crippen MR) is 63.7 cm³/mol. The van der Waals surface area contributed by atoms with Crippen LogP contribution in [0.4, 0.5) is 0 Å². The molecule has 2 unspecified atom stereocenters. The Morgan fingerprint density at radius 3 is 2.18 bits per heavy atom. The Labute approximate surface area is 106 Å². The summed E-state index contributed by atoms with van der Waals surface area (Å²) in [6.45, 7) is 5.11. The Kier molecular flexibility index (Phi) is 3.40. The molecule has 1 fully saturated rings. The van der Waals surface area contributed by atoms with Crippen LogP contribution >= 0.6 is 11.8 Å². The predicted octanol–water partition coefficient (Wildman–Crippen LogP) is 0.489. The second kappa shape index (κ2) is 3.89. The van der Waals surface area contributed by atoms with Crippen LogP contribution in [0.15, 0.2) is 0 Å². The topological polar surface area (TPSA) is 83.5 Å². The van der Waals surface area contributed by atoms with Crippen molar-refractivity contribution in [3.05, 3.63) is 0 Å². The van der Waals surface area contributed by atoms with E-state index >= 15 is 0 Å². The third kappa shape index (κ3) is 2.63. The summed E-state index contributed by atoms with van der Waals surface area (Å²) in [7, 11) is -2.54. The highest BCUT2D eigenvalue weighted by Crippen LogP contribution is 2.38. The minimum absolute atomic E-state index is 0.0192. The van der Waals surface area contributed by atoms with E-state index in [4.69, 9.17) is 16.3 Å². The normalized spacial score (nSPS) is 37.4. The zero-order valence-electron chi connectivity index (χ0n) is 10.3. The van der Waals surface area contributed by atoms with Crippen LogP contribution in [-0.2, 0) is 14.9 Å². The summed E-state index contributed by atoms with van der Waals surface area (Å²) < 4.78 is 29.8. The first-order valence-electron chi connectivity index (χ1n) is 5.18. The van der Waals surface area contributed by atoms with Crippen LogP contribution in [0.3, 0.4) is 0 Å². The quantitative estimate of drug-likeness (QED) is 0.582. The molecule has 0 aliphatic carbocycles. The SMILES string of the molecule is CC1(CCS(=O)(=O)O)NC(C)(C)[N+](C)(Cl)C1=O. The fourth-order valence-corrected chi connectivity index (χ4v) is 2.95. The average molecular weight is 286 g/mol. The molecule has 1 heterocycles. The molecule has 1 aliphatic rings. The molecule has 1 amide bonds. The lowest BCUT2D eigenvalue weighted by Crippen LogP contribution is -2.54. The Bertz CT molecular complexity index is 446. The van der Waals surface area contributed by atoms with Crippen LogP contribution < -0.4 is 5.32 Å². The number of hydrogen-bond acceptors (Lipinski definition) is 4. The van der Waals surface area contributed by atoms with E-state index in [1.807, 2.05) is 0 Å². The molecule has 2 N–H and O–H groups in total. The van der Waals surface area contributed by atoms with Crippen molar-refractivity contribution in [2.24, 2.45) is 0 Å². The lowest BCUT2D eigenvalue weighted by atomic mass is 9.99. The zero-order valence-corrected chi connectivity index (χ0v) is 11.9. The van der Waals surface area contributed by atoms with Crippen LogP contribution in [0.5, 0.6) is 0 Å². The third-order valence-electron chi connectivity index (χ3n) is 3.35. The molecule has 0 radical (unpaired) electrons. The number of rotatable bonds is 3. The van der Waals surface area contributed by atoms with E-state index in [1.54, 1.807) is 27.8 Å². The van der Waals surface area contributed by atoms with E-state index in [0.29, 0.717) is 0 Å². The van der Waals surface area contributed by atoms with Gasteiger partial charge in [-0.25, -0.2) is 10.1 Å². The second-order valence-corrected chi connectivity index (χ2v) is 7.50. The van der Waals surface area contributed by atoms with Gasteiger partial charge in [0.15, 0.2) is 17.4 Å². The van der Waals surface area contributed by atoms with Gasteiger partial charge in [-0.3, -0.25) is 4.55 Å². The van der Waals surface area contributed by atoms with Gasteiger partial charge in [-0.1, -0.05) is 0 Å². The van der Waals surface area contributed by atoms with E-state index in [9.17, 15) is 13.2 Å². The molecule has 100 valence electrons. The van der Waals surface area contributed by atoms with E-state index in [1.165, 1.54) is 0 Å². The highest BCUT2D eigenvalue weighted by Gasteiger charge is 2.63. The molecular weight excluding hydrogens is 268 g/mol. The zero-order chi connectivity index (χ0) is 13.7. The van der Waals surface area contributed by atoms with Gasteiger partial charge in [0.2, 0.25) is 0 Å². The summed E-state index contributed by atoms with van der Waals surface area (Å²) in [6, 6.07) is 0. The molecule has 0 aromatic rings. The number of halogens is 1. The molecule has 0 aromatic heterocycles. The first-order valence-corrected chi connectivity index (χ1v) is 7.12. The molecule has 8 heteroatoms. The summed E-state index contributed by atoms with van der Waals surface area (Å²) in [5, 5.41) is 3.03. The van der Waals surface area contributed by atoms with Gasteiger partial charge in [-0.05, 0) is 13.3 Å². The molecule has 0 bridgehead atoms. The summed E-state index contributed by atoms with van der Waals surface area (Å²) in [5.74, 6) is -0.789. The third-order valence-corrected chi connectivity index (χ3v) is 4.64. The smallest absolute Gasteiger partial charge is 0.286 e. The van der Waals surface area contributed by atoms with E-state index in [0.717, 1.165) is 0 Å². The Morgan fingerprint density at radius 1 is 1.41 bits per heavy atom. The monoisotopic (exact) mass is 285 g/mol. The standard InChI is InChI=1S/C9H17ClN2O4S/c1-8(2)11-9(3,5-6-17(14,15)16)7(13)12(8,4)10/h11H,5-6H2,1-4H3/p+1. The summed E-state index contributed by atoms with van der Waals surface area (Å²) in [4.78, 5) is 12.2. The van der Waals surface area contributed by atoms with Gasteiger partial charge < -0.3 is 0 Å². The van der Waals surface area contributed by atoms with Crippen LogP contribution in [0.2, 0.25) is 0 Å². The van der Waals surface area contributed by atoms with Gasteiger partial charge >= 0.3 is 5.91 Å². The summed E-state index contributed by atoms with van der Waals surface area (Å²) in [5.41, 5.74) is -1.76. The van der Waals surface area contributed by atoms with Crippen LogP contribution in [-0.4, -0.2) is 46.9 Å². The van der Waals surface area contributed by atoms with Gasteiger partial charge in [-0.2, -0.15) is 8.42 Å². The van der Waals surface area contributed by atoms with E-state index in [2.05, 4.69) is 5.32 Å².